The topological polar surface area (TPSA) is 72.1 Å². The van der Waals surface area contributed by atoms with Crippen molar-refractivity contribution in [3.05, 3.63) is 29.9 Å². The van der Waals surface area contributed by atoms with Gasteiger partial charge in [0.15, 0.2) is 5.82 Å². The standard InChI is InChI=1S/C19H29N7O/c1-15-20-7-11-25(15)13-17-21-22-19(23(17)2)16-6-5-10-26(12-16)18(27)14-24-8-3-4-9-24/h7,11,16H,3-6,8-10,12-14H2,1-2H3. The van der Waals surface area contributed by atoms with E-state index in [0.717, 1.165) is 56.5 Å². The van der Waals surface area contributed by atoms with E-state index in [2.05, 4.69) is 29.2 Å². The molecule has 4 heterocycles. The van der Waals surface area contributed by atoms with Gasteiger partial charge in [0.2, 0.25) is 5.91 Å². The molecule has 0 aliphatic carbocycles. The number of rotatable bonds is 5. The van der Waals surface area contributed by atoms with Crippen molar-refractivity contribution >= 4 is 5.91 Å². The summed E-state index contributed by atoms with van der Waals surface area (Å²) in [4.78, 5) is 21.3. The molecule has 8 heteroatoms. The average Bonchev–Trinajstić information content (AvgIpc) is 3.40. The molecule has 0 saturated carbocycles. The molecule has 2 aromatic rings. The van der Waals surface area contributed by atoms with Gasteiger partial charge in [-0.1, -0.05) is 0 Å². The summed E-state index contributed by atoms with van der Waals surface area (Å²) in [6.45, 7) is 6.95. The first-order valence-corrected chi connectivity index (χ1v) is 9.98. The van der Waals surface area contributed by atoms with Crippen LogP contribution in [0.1, 0.15) is 49.1 Å². The monoisotopic (exact) mass is 371 g/mol. The predicted octanol–water partition coefficient (Wildman–Crippen LogP) is 1.17. The van der Waals surface area contributed by atoms with Gasteiger partial charge in [0.1, 0.15) is 11.6 Å². The lowest BCUT2D eigenvalue weighted by atomic mass is 9.97. The van der Waals surface area contributed by atoms with Gasteiger partial charge in [-0.15, -0.1) is 10.2 Å². The molecule has 0 bridgehead atoms. The van der Waals surface area contributed by atoms with Gasteiger partial charge in [-0.25, -0.2) is 4.98 Å². The van der Waals surface area contributed by atoms with Gasteiger partial charge in [0, 0.05) is 38.4 Å². The van der Waals surface area contributed by atoms with E-state index in [-0.39, 0.29) is 11.8 Å². The molecule has 1 amide bonds. The average molecular weight is 371 g/mol. The number of hydrogen-bond acceptors (Lipinski definition) is 5. The molecule has 2 fully saturated rings. The minimum atomic E-state index is 0.261. The summed E-state index contributed by atoms with van der Waals surface area (Å²) in [5, 5.41) is 8.89. The Kier molecular flexibility index (Phi) is 5.24. The van der Waals surface area contributed by atoms with E-state index in [4.69, 9.17) is 0 Å². The van der Waals surface area contributed by atoms with E-state index in [9.17, 15) is 4.79 Å². The lowest BCUT2D eigenvalue weighted by Gasteiger charge is -2.33. The fourth-order valence-corrected chi connectivity index (χ4v) is 4.24. The summed E-state index contributed by atoms with van der Waals surface area (Å²) in [7, 11) is 2.03. The van der Waals surface area contributed by atoms with Crippen LogP contribution in [0.5, 0.6) is 0 Å². The quantitative estimate of drug-likeness (QED) is 0.789. The molecule has 1 unspecified atom stereocenters. The van der Waals surface area contributed by atoms with Gasteiger partial charge >= 0.3 is 0 Å². The van der Waals surface area contributed by atoms with Crippen LogP contribution in [-0.2, 0) is 18.4 Å². The number of hydrogen-bond donors (Lipinski definition) is 0. The fourth-order valence-electron chi connectivity index (χ4n) is 4.24. The van der Waals surface area contributed by atoms with Crippen molar-refractivity contribution in [2.45, 2.75) is 45.1 Å². The van der Waals surface area contributed by atoms with E-state index in [1.807, 2.05) is 25.1 Å². The molecule has 27 heavy (non-hydrogen) atoms. The number of imidazole rings is 1. The van der Waals surface area contributed by atoms with Crippen molar-refractivity contribution in [2.24, 2.45) is 7.05 Å². The first-order valence-electron chi connectivity index (χ1n) is 9.98. The van der Waals surface area contributed by atoms with Crippen molar-refractivity contribution in [2.75, 3.05) is 32.7 Å². The van der Waals surface area contributed by atoms with Crippen molar-refractivity contribution in [1.29, 1.82) is 0 Å². The Bertz CT molecular complexity index is 790. The first-order chi connectivity index (χ1) is 13.1. The third-order valence-electron chi connectivity index (χ3n) is 5.93. The van der Waals surface area contributed by atoms with Gasteiger partial charge in [-0.05, 0) is 45.7 Å². The van der Waals surface area contributed by atoms with Gasteiger partial charge in [0.05, 0.1) is 13.1 Å². The second-order valence-electron chi connectivity index (χ2n) is 7.80. The summed E-state index contributed by atoms with van der Waals surface area (Å²) in [6.07, 6.45) is 8.28. The molecule has 8 nitrogen and oxygen atoms in total. The van der Waals surface area contributed by atoms with Crippen molar-refractivity contribution in [3.63, 3.8) is 0 Å². The minimum absolute atomic E-state index is 0.261. The van der Waals surface area contributed by atoms with Crippen LogP contribution in [0.2, 0.25) is 0 Å². The number of aryl methyl sites for hydroxylation is 1. The lowest BCUT2D eigenvalue weighted by molar-refractivity contribution is -0.133. The maximum atomic E-state index is 12.7. The lowest BCUT2D eigenvalue weighted by Crippen LogP contribution is -2.44. The largest absolute Gasteiger partial charge is 0.341 e. The second-order valence-corrected chi connectivity index (χ2v) is 7.80. The molecule has 4 rings (SSSR count). The number of nitrogens with zero attached hydrogens (tertiary/aromatic N) is 7. The van der Waals surface area contributed by atoms with Gasteiger partial charge in [-0.2, -0.15) is 0 Å². The molecular weight excluding hydrogens is 342 g/mol. The summed E-state index contributed by atoms with van der Waals surface area (Å²) < 4.78 is 4.17. The Morgan fingerprint density at radius 2 is 2.00 bits per heavy atom. The highest BCUT2D eigenvalue weighted by Crippen LogP contribution is 2.26. The maximum absolute atomic E-state index is 12.7. The Morgan fingerprint density at radius 1 is 1.19 bits per heavy atom. The third-order valence-corrected chi connectivity index (χ3v) is 5.93. The molecule has 0 spiro atoms. The van der Waals surface area contributed by atoms with E-state index < -0.39 is 0 Å². The third kappa shape index (κ3) is 3.90. The Morgan fingerprint density at radius 3 is 2.74 bits per heavy atom. The summed E-state index contributed by atoms with van der Waals surface area (Å²) >= 11 is 0. The number of piperidine rings is 1. The SMILES string of the molecule is Cc1nccn1Cc1nnc(C2CCCN(C(=O)CN3CCCC3)C2)n1C. The van der Waals surface area contributed by atoms with E-state index in [0.29, 0.717) is 13.1 Å². The van der Waals surface area contributed by atoms with E-state index in [1.165, 1.54) is 12.8 Å². The summed E-state index contributed by atoms with van der Waals surface area (Å²) in [5.41, 5.74) is 0. The first kappa shape index (κ1) is 18.2. The number of amides is 1. The highest BCUT2D eigenvalue weighted by atomic mass is 16.2. The van der Waals surface area contributed by atoms with Gasteiger partial charge in [-0.3, -0.25) is 9.69 Å². The number of carbonyl (C=O) groups excluding carboxylic acids is 1. The fraction of sp³-hybridized carbons (Fsp3) is 0.684. The van der Waals surface area contributed by atoms with Crippen LogP contribution in [0.25, 0.3) is 0 Å². The number of aromatic nitrogens is 5. The molecule has 0 N–H and O–H groups in total. The highest BCUT2D eigenvalue weighted by molar-refractivity contribution is 5.78. The van der Waals surface area contributed by atoms with Crippen molar-refractivity contribution in [3.8, 4) is 0 Å². The maximum Gasteiger partial charge on any atom is 0.236 e. The van der Waals surface area contributed by atoms with Crippen LogP contribution in [0.15, 0.2) is 12.4 Å². The highest BCUT2D eigenvalue weighted by Gasteiger charge is 2.29. The molecule has 0 aromatic carbocycles. The predicted molar refractivity (Wildman–Crippen MR) is 101 cm³/mol. The van der Waals surface area contributed by atoms with Crippen LogP contribution in [0.3, 0.4) is 0 Å². The molecule has 2 aliphatic heterocycles. The zero-order valence-corrected chi connectivity index (χ0v) is 16.3. The van der Waals surface area contributed by atoms with Gasteiger partial charge in [0.25, 0.3) is 0 Å². The molecule has 2 aliphatic rings. The zero-order valence-electron chi connectivity index (χ0n) is 16.3. The van der Waals surface area contributed by atoms with E-state index >= 15 is 0 Å². The molecule has 0 radical (unpaired) electrons. The number of likely N-dealkylation sites (tertiary alicyclic amines) is 2. The van der Waals surface area contributed by atoms with Crippen LogP contribution in [0, 0.1) is 6.92 Å². The molecule has 1 atom stereocenters. The Hall–Kier alpha value is -2.22. The Labute approximate surface area is 160 Å². The Balaban J connectivity index is 1.42. The van der Waals surface area contributed by atoms with Gasteiger partial charge < -0.3 is 14.0 Å². The van der Waals surface area contributed by atoms with E-state index in [1.54, 1.807) is 6.20 Å². The van der Waals surface area contributed by atoms with Crippen molar-refractivity contribution < 1.29 is 4.79 Å². The molecule has 2 aromatic heterocycles. The molecular formula is C19H29N7O. The normalized spacial score (nSPS) is 21.1. The molecule has 146 valence electrons. The van der Waals surface area contributed by atoms with Crippen molar-refractivity contribution in [1.82, 2.24) is 34.1 Å². The number of carbonyl (C=O) groups is 1. The van der Waals surface area contributed by atoms with Crippen LogP contribution < -0.4 is 0 Å². The van der Waals surface area contributed by atoms with Crippen LogP contribution in [-0.4, -0.2) is 72.7 Å². The van der Waals surface area contributed by atoms with Crippen LogP contribution in [0.4, 0.5) is 0 Å². The second kappa shape index (κ2) is 7.80. The smallest absolute Gasteiger partial charge is 0.236 e. The minimum Gasteiger partial charge on any atom is -0.341 e. The zero-order chi connectivity index (χ0) is 18.8. The molecule has 2 saturated heterocycles. The summed E-state index contributed by atoms with van der Waals surface area (Å²) in [6, 6.07) is 0. The summed E-state index contributed by atoms with van der Waals surface area (Å²) in [5.74, 6) is 3.40. The van der Waals surface area contributed by atoms with Crippen LogP contribution >= 0.6 is 0 Å².